The Morgan fingerprint density at radius 3 is 2.36 bits per heavy atom. The van der Waals surface area contributed by atoms with Crippen molar-refractivity contribution in [1.82, 2.24) is 0 Å². The van der Waals surface area contributed by atoms with Crippen LogP contribution in [0.25, 0.3) is 0 Å². The standard InChI is InChI=1S/C30H46O9/c1-16-23(32)25(36-4)24(33)26(38-16)39-18-5-9-27(2)20-6-10-28(3)19(17-13-22(31)37-15-17)8-12-30(28,35)21(20)7-11-29(27,34)14-18/h13,16,18-21,23-26,32-35H,5-12,14-15H2,1-4H3/t16?,18-,19-,20?,21?,23+,24?,25?,26+,27-,28-,29+,30+/m1/s1. The van der Waals surface area contributed by atoms with E-state index in [4.69, 9.17) is 18.9 Å². The average molecular weight is 551 g/mol. The first-order valence-corrected chi connectivity index (χ1v) is 14.9. The van der Waals surface area contributed by atoms with E-state index in [-0.39, 0.29) is 40.7 Å². The predicted molar refractivity (Wildman–Crippen MR) is 139 cm³/mol. The number of cyclic esters (lactones) is 1. The summed E-state index contributed by atoms with van der Waals surface area (Å²) in [6.45, 7) is 6.48. The summed E-state index contributed by atoms with van der Waals surface area (Å²) in [5.41, 5.74) is -1.43. The van der Waals surface area contributed by atoms with Crippen LogP contribution >= 0.6 is 0 Å². The Hall–Kier alpha value is -1.07. The summed E-state index contributed by atoms with van der Waals surface area (Å²) >= 11 is 0. The van der Waals surface area contributed by atoms with Crippen LogP contribution in [0.3, 0.4) is 0 Å². The smallest absolute Gasteiger partial charge is 0.331 e. The van der Waals surface area contributed by atoms with Gasteiger partial charge in [0.2, 0.25) is 0 Å². The number of methoxy groups -OCH3 is 1. The molecule has 0 aromatic heterocycles. The van der Waals surface area contributed by atoms with Crippen LogP contribution in [-0.4, -0.2) is 88.1 Å². The minimum atomic E-state index is -1.13. The second kappa shape index (κ2) is 9.48. The van der Waals surface area contributed by atoms with Gasteiger partial charge in [-0.1, -0.05) is 13.8 Å². The van der Waals surface area contributed by atoms with Crippen LogP contribution in [0.15, 0.2) is 11.6 Å². The molecule has 4 N–H and O–H groups in total. The van der Waals surface area contributed by atoms with E-state index in [1.165, 1.54) is 7.11 Å². The number of hydrogen-bond acceptors (Lipinski definition) is 9. The molecule has 6 aliphatic rings. The number of fused-ring (bicyclic) bond motifs is 5. The number of aliphatic hydroxyl groups excluding tert-OH is 2. The molecule has 6 rings (SSSR count). The first kappa shape index (κ1) is 28.1. The predicted octanol–water partition coefficient (Wildman–Crippen LogP) is 2.23. The van der Waals surface area contributed by atoms with Crippen molar-refractivity contribution >= 4 is 5.97 Å². The normalized spacial score (nSPS) is 55.3. The molecule has 0 bridgehead atoms. The molecule has 39 heavy (non-hydrogen) atoms. The second-order valence-corrected chi connectivity index (χ2v) is 13.9. The lowest BCUT2D eigenvalue weighted by Crippen LogP contribution is -2.67. The quantitative estimate of drug-likeness (QED) is 0.307. The second-order valence-electron chi connectivity index (χ2n) is 13.9. The van der Waals surface area contributed by atoms with Crippen molar-refractivity contribution in [3.05, 3.63) is 11.6 Å². The number of esters is 1. The molecule has 1 saturated heterocycles. The molecule has 0 radical (unpaired) electrons. The molecule has 2 heterocycles. The molecule has 5 unspecified atom stereocenters. The maximum atomic E-state index is 12.4. The van der Waals surface area contributed by atoms with Crippen LogP contribution in [0.4, 0.5) is 0 Å². The van der Waals surface area contributed by atoms with Crippen LogP contribution in [0.2, 0.25) is 0 Å². The fraction of sp³-hybridized carbons (Fsp3) is 0.900. The van der Waals surface area contributed by atoms with E-state index in [1.807, 2.05) is 0 Å². The van der Waals surface area contributed by atoms with E-state index < -0.39 is 41.9 Å². The van der Waals surface area contributed by atoms with Crippen LogP contribution in [-0.2, 0) is 23.7 Å². The zero-order valence-electron chi connectivity index (χ0n) is 23.7. The molecule has 220 valence electrons. The van der Waals surface area contributed by atoms with Crippen molar-refractivity contribution in [1.29, 1.82) is 0 Å². The van der Waals surface area contributed by atoms with E-state index in [2.05, 4.69) is 13.8 Å². The molecular weight excluding hydrogens is 504 g/mol. The summed E-state index contributed by atoms with van der Waals surface area (Å²) in [6, 6.07) is 0. The molecule has 4 saturated carbocycles. The third-order valence-corrected chi connectivity index (χ3v) is 12.5. The number of hydrogen-bond donors (Lipinski definition) is 4. The first-order valence-electron chi connectivity index (χ1n) is 14.9. The number of ether oxygens (including phenoxy) is 4. The Kier molecular flexibility index (Phi) is 6.82. The largest absolute Gasteiger partial charge is 0.458 e. The lowest BCUT2D eigenvalue weighted by Gasteiger charge is -2.66. The third-order valence-electron chi connectivity index (χ3n) is 12.5. The van der Waals surface area contributed by atoms with E-state index in [0.29, 0.717) is 32.3 Å². The highest BCUT2D eigenvalue weighted by molar-refractivity contribution is 5.85. The summed E-state index contributed by atoms with van der Waals surface area (Å²) in [7, 11) is 1.45. The van der Waals surface area contributed by atoms with Crippen LogP contribution in [0, 0.1) is 28.6 Å². The van der Waals surface area contributed by atoms with Crippen molar-refractivity contribution in [3.8, 4) is 0 Å². The van der Waals surface area contributed by atoms with Crippen molar-refractivity contribution in [2.45, 2.75) is 127 Å². The molecular formula is C30H46O9. The summed E-state index contributed by atoms with van der Waals surface area (Å²) in [6.07, 6.45) is 3.58. The van der Waals surface area contributed by atoms with Gasteiger partial charge in [-0.15, -0.1) is 0 Å². The van der Waals surface area contributed by atoms with E-state index in [0.717, 1.165) is 37.7 Å². The minimum Gasteiger partial charge on any atom is -0.458 e. The lowest BCUT2D eigenvalue weighted by molar-refractivity contribution is -0.321. The molecule has 2 aliphatic heterocycles. The fourth-order valence-electron chi connectivity index (χ4n) is 10.1. The molecule has 9 heteroatoms. The highest BCUT2D eigenvalue weighted by Gasteiger charge is 2.70. The van der Waals surface area contributed by atoms with Crippen molar-refractivity contribution in [3.63, 3.8) is 0 Å². The van der Waals surface area contributed by atoms with Gasteiger partial charge in [0.1, 0.15) is 24.9 Å². The Morgan fingerprint density at radius 1 is 0.949 bits per heavy atom. The molecule has 0 aromatic rings. The third kappa shape index (κ3) is 3.94. The number of carbonyl (C=O) groups excluding carboxylic acids is 1. The van der Waals surface area contributed by atoms with E-state index >= 15 is 0 Å². The zero-order chi connectivity index (χ0) is 28.0. The molecule has 0 amide bonds. The maximum Gasteiger partial charge on any atom is 0.331 e. The molecule has 5 fully saturated rings. The first-order chi connectivity index (χ1) is 18.4. The van der Waals surface area contributed by atoms with Crippen LogP contribution in [0.1, 0.15) is 78.6 Å². The zero-order valence-corrected chi connectivity index (χ0v) is 23.7. The van der Waals surface area contributed by atoms with Crippen LogP contribution < -0.4 is 0 Å². The van der Waals surface area contributed by atoms with Gasteiger partial charge in [-0.3, -0.25) is 0 Å². The van der Waals surface area contributed by atoms with Gasteiger partial charge in [0, 0.05) is 25.0 Å². The number of rotatable bonds is 4. The van der Waals surface area contributed by atoms with Gasteiger partial charge in [0.05, 0.1) is 23.4 Å². The fourth-order valence-corrected chi connectivity index (χ4v) is 10.1. The maximum absolute atomic E-state index is 12.4. The highest BCUT2D eigenvalue weighted by atomic mass is 16.7. The Labute approximate surface area is 230 Å². The summed E-state index contributed by atoms with van der Waals surface area (Å²) in [5.74, 6) is 0.151. The number of aliphatic hydroxyl groups is 4. The Morgan fingerprint density at radius 2 is 1.67 bits per heavy atom. The molecule has 0 spiro atoms. The lowest BCUT2D eigenvalue weighted by atomic mass is 9.42. The average Bonchev–Trinajstić information content (AvgIpc) is 3.43. The summed E-state index contributed by atoms with van der Waals surface area (Å²) < 4.78 is 22.6. The number of carbonyl (C=O) groups is 1. The molecule has 13 atom stereocenters. The van der Waals surface area contributed by atoms with Crippen molar-refractivity contribution in [2.24, 2.45) is 28.6 Å². The van der Waals surface area contributed by atoms with Gasteiger partial charge in [0.25, 0.3) is 0 Å². The van der Waals surface area contributed by atoms with Gasteiger partial charge in [-0.05, 0) is 87.0 Å². The Bertz CT molecular complexity index is 1020. The van der Waals surface area contributed by atoms with Gasteiger partial charge in [0.15, 0.2) is 6.29 Å². The molecule has 9 nitrogen and oxygen atoms in total. The monoisotopic (exact) mass is 550 g/mol. The van der Waals surface area contributed by atoms with Gasteiger partial charge < -0.3 is 39.4 Å². The van der Waals surface area contributed by atoms with E-state index in [9.17, 15) is 25.2 Å². The topological polar surface area (TPSA) is 135 Å². The molecule has 0 aromatic carbocycles. The van der Waals surface area contributed by atoms with Gasteiger partial charge in [-0.2, -0.15) is 0 Å². The Balaban J connectivity index is 1.19. The van der Waals surface area contributed by atoms with Gasteiger partial charge in [-0.25, -0.2) is 4.79 Å². The highest BCUT2D eigenvalue weighted by Crippen LogP contribution is 2.70. The van der Waals surface area contributed by atoms with E-state index in [1.54, 1.807) is 13.0 Å². The SMILES string of the molecule is COC1C(O)[C@H](O[C@@H]2CC[C@]3(C)C4CC[C@]5(C)[C@@H](C6=CC(=O)OC6)CC[C@]5(O)C4CC[C@]3(O)C2)OC(C)[C@@H]1O. The van der Waals surface area contributed by atoms with Crippen molar-refractivity contribution in [2.75, 3.05) is 13.7 Å². The minimum absolute atomic E-state index is 0.0934. The summed E-state index contributed by atoms with van der Waals surface area (Å²) in [5, 5.41) is 45.7. The summed E-state index contributed by atoms with van der Waals surface area (Å²) in [4.78, 5) is 11.8. The van der Waals surface area contributed by atoms with Crippen molar-refractivity contribution < 1.29 is 44.2 Å². The van der Waals surface area contributed by atoms with Gasteiger partial charge >= 0.3 is 5.97 Å². The van der Waals surface area contributed by atoms with Crippen LogP contribution in [0.5, 0.6) is 0 Å². The molecule has 4 aliphatic carbocycles.